The molecule has 2 aliphatic rings. The van der Waals surface area contributed by atoms with Gasteiger partial charge in [-0.1, -0.05) is 0 Å². The first-order chi connectivity index (χ1) is 9.31. The summed E-state index contributed by atoms with van der Waals surface area (Å²) in [5.41, 5.74) is 0. The molecule has 5 nitrogen and oxygen atoms in total. The number of thioether (sulfide) groups is 1. The van der Waals surface area contributed by atoms with Crippen LogP contribution in [0.2, 0.25) is 0 Å². The topological polar surface area (TPSA) is 56.3 Å². The Hall–Kier alpha value is -0.690. The number of rotatable bonds is 3. The average molecular weight is 281 g/mol. The van der Waals surface area contributed by atoms with Gasteiger partial charge in [-0.3, -0.25) is 0 Å². The zero-order valence-electron chi connectivity index (χ0n) is 11.0. The summed E-state index contributed by atoms with van der Waals surface area (Å²) in [7, 11) is 2.02. The summed E-state index contributed by atoms with van der Waals surface area (Å²) in [5, 5.41) is 4.82. The third-order valence-electron chi connectivity index (χ3n) is 3.81. The Balaban J connectivity index is 1.72. The fourth-order valence-electron chi connectivity index (χ4n) is 2.83. The molecule has 0 bridgehead atoms. The van der Waals surface area contributed by atoms with Gasteiger partial charge in [0.1, 0.15) is 6.33 Å². The fraction of sp³-hybridized carbons (Fsp3) is 0.692. The maximum Gasteiger partial charge on any atom is 0.169 e. The first kappa shape index (κ1) is 13.3. The van der Waals surface area contributed by atoms with Crippen molar-refractivity contribution in [2.75, 3.05) is 20.3 Å². The van der Waals surface area contributed by atoms with Crippen LogP contribution in [0.3, 0.4) is 0 Å². The first-order valence-corrected chi connectivity index (χ1v) is 7.57. The first-order valence-electron chi connectivity index (χ1n) is 6.69. The van der Waals surface area contributed by atoms with E-state index in [4.69, 9.17) is 9.47 Å². The Bertz CT molecular complexity index is 412. The standard InChI is InChI=1S/C13H19N3O2S/c1-14-10-2-4-13(17-6-7-18-13)8-11(10)19-12-3-5-15-9-16-12/h3,5,9-11,14H,2,4,6-8H2,1H3. The van der Waals surface area contributed by atoms with E-state index in [0.717, 1.165) is 37.5 Å². The van der Waals surface area contributed by atoms with E-state index in [1.807, 2.05) is 13.1 Å². The van der Waals surface area contributed by atoms with Crippen molar-refractivity contribution < 1.29 is 9.47 Å². The summed E-state index contributed by atoms with van der Waals surface area (Å²) < 4.78 is 11.7. The minimum Gasteiger partial charge on any atom is -0.347 e. The molecule has 0 radical (unpaired) electrons. The summed E-state index contributed by atoms with van der Waals surface area (Å²) >= 11 is 1.78. The lowest BCUT2D eigenvalue weighted by Crippen LogP contribution is -2.48. The molecule has 19 heavy (non-hydrogen) atoms. The van der Waals surface area contributed by atoms with E-state index >= 15 is 0 Å². The van der Waals surface area contributed by atoms with Gasteiger partial charge in [-0.05, 0) is 19.5 Å². The largest absolute Gasteiger partial charge is 0.347 e. The molecule has 1 aromatic rings. The highest BCUT2D eigenvalue weighted by Crippen LogP contribution is 2.41. The number of ether oxygens (including phenoxy) is 2. The highest BCUT2D eigenvalue weighted by Gasteiger charge is 2.45. The van der Waals surface area contributed by atoms with Gasteiger partial charge in [0.05, 0.1) is 18.2 Å². The number of nitrogens with zero attached hydrogens (tertiary/aromatic N) is 2. The van der Waals surface area contributed by atoms with Crippen molar-refractivity contribution in [3.05, 3.63) is 18.6 Å². The molecule has 6 heteroatoms. The van der Waals surface area contributed by atoms with Gasteiger partial charge in [-0.2, -0.15) is 0 Å². The predicted octanol–water partition coefficient (Wildman–Crippen LogP) is 1.45. The summed E-state index contributed by atoms with van der Waals surface area (Å²) in [6, 6.07) is 2.42. The molecule has 1 aromatic heterocycles. The van der Waals surface area contributed by atoms with Crippen LogP contribution >= 0.6 is 11.8 Å². The SMILES string of the molecule is CNC1CCC2(CC1Sc1ccncn1)OCCO2. The van der Waals surface area contributed by atoms with Crippen LogP contribution in [0.15, 0.2) is 23.6 Å². The van der Waals surface area contributed by atoms with Gasteiger partial charge in [0, 0.05) is 30.3 Å². The van der Waals surface area contributed by atoms with E-state index in [1.165, 1.54) is 0 Å². The summed E-state index contributed by atoms with van der Waals surface area (Å²) in [5.74, 6) is -0.349. The van der Waals surface area contributed by atoms with Gasteiger partial charge >= 0.3 is 0 Å². The van der Waals surface area contributed by atoms with Crippen molar-refractivity contribution >= 4 is 11.8 Å². The molecular formula is C13H19N3O2S. The van der Waals surface area contributed by atoms with Crippen molar-refractivity contribution in [1.82, 2.24) is 15.3 Å². The van der Waals surface area contributed by atoms with E-state index in [9.17, 15) is 0 Å². The number of nitrogens with one attached hydrogen (secondary N) is 1. The Kier molecular flexibility index (Phi) is 4.02. The van der Waals surface area contributed by atoms with E-state index in [-0.39, 0.29) is 5.79 Å². The molecule has 0 amide bonds. The number of hydrogen-bond acceptors (Lipinski definition) is 6. The summed E-state index contributed by atoms with van der Waals surface area (Å²) in [4.78, 5) is 8.26. The van der Waals surface area contributed by atoms with Crippen molar-refractivity contribution in [2.24, 2.45) is 0 Å². The molecule has 1 aliphatic heterocycles. The number of aromatic nitrogens is 2. The molecule has 1 N–H and O–H groups in total. The molecule has 104 valence electrons. The molecule has 0 aromatic carbocycles. The molecule has 1 aliphatic carbocycles. The van der Waals surface area contributed by atoms with Crippen LogP contribution in [0.5, 0.6) is 0 Å². The van der Waals surface area contributed by atoms with Crippen molar-refractivity contribution in [1.29, 1.82) is 0 Å². The quantitative estimate of drug-likeness (QED) is 0.846. The minimum absolute atomic E-state index is 0.349. The smallest absolute Gasteiger partial charge is 0.169 e. The van der Waals surface area contributed by atoms with Crippen LogP contribution in [0.4, 0.5) is 0 Å². The fourth-order valence-corrected chi connectivity index (χ4v) is 4.16. The van der Waals surface area contributed by atoms with E-state index < -0.39 is 0 Å². The predicted molar refractivity (Wildman–Crippen MR) is 73.0 cm³/mol. The zero-order chi connectivity index (χ0) is 13.1. The maximum absolute atomic E-state index is 5.85. The third-order valence-corrected chi connectivity index (χ3v) is 5.09. The molecule has 2 heterocycles. The van der Waals surface area contributed by atoms with Crippen molar-refractivity contribution in [3.8, 4) is 0 Å². The Labute approximate surface area is 117 Å². The maximum atomic E-state index is 5.85. The van der Waals surface area contributed by atoms with Gasteiger partial charge in [-0.15, -0.1) is 11.8 Å². The van der Waals surface area contributed by atoms with Gasteiger partial charge in [0.25, 0.3) is 0 Å². The second-order valence-electron chi connectivity index (χ2n) is 4.95. The van der Waals surface area contributed by atoms with E-state index in [2.05, 4.69) is 15.3 Å². The zero-order valence-corrected chi connectivity index (χ0v) is 11.9. The molecule has 2 fully saturated rings. The lowest BCUT2D eigenvalue weighted by atomic mass is 9.89. The molecule has 1 saturated heterocycles. The van der Waals surface area contributed by atoms with Crippen LogP contribution in [-0.2, 0) is 9.47 Å². The highest BCUT2D eigenvalue weighted by molar-refractivity contribution is 7.99. The van der Waals surface area contributed by atoms with E-state index in [1.54, 1.807) is 24.3 Å². The molecule has 2 unspecified atom stereocenters. The second kappa shape index (κ2) is 5.75. The Morgan fingerprint density at radius 2 is 2.26 bits per heavy atom. The third kappa shape index (κ3) is 2.91. The normalized spacial score (nSPS) is 29.7. The van der Waals surface area contributed by atoms with Crippen LogP contribution < -0.4 is 5.32 Å². The van der Waals surface area contributed by atoms with Crippen molar-refractivity contribution in [3.63, 3.8) is 0 Å². The van der Waals surface area contributed by atoms with Crippen molar-refractivity contribution in [2.45, 2.75) is 41.4 Å². The van der Waals surface area contributed by atoms with Crippen LogP contribution in [0.1, 0.15) is 19.3 Å². The van der Waals surface area contributed by atoms with Crippen LogP contribution in [-0.4, -0.2) is 47.3 Å². The van der Waals surface area contributed by atoms with Crippen LogP contribution in [0, 0.1) is 0 Å². The highest BCUT2D eigenvalue weighted by atomic mass is 32.2. The lowest BCUT2D eigenvalue weighted by molar-refractivity contribution is -0.177. The minimum atomic E-state index is -0.349. The molecule has 1 saturated carbocycles. The van der Waals surface area contributed by atoms with Crippen LogP contribution in [0.25, 0.3) is 0 Å². The van der Waals surface area contributed by atoms with E-state index in [0.29, 0.717) is 11.3 Å². The Morgan fingerprint density at radius 3 is 2.95 bits per heavy atom. The molecule has 3 rings (SSSR count). The van der Waals surface area contributed by atoms with Gasteiger partial charge in [0.15, 0.2) is 5.79 Å². The molecule has 2 atom stereocenters. The molecular weight excluding hydrogens is 262 g/mol. The number of hydrogen-bond donors (Lipinski definition) is 1. The summed E-state index contributed by atoms with van der Waals surface area (Å²) in [6.07, 6.45) is 6.33. The molecule has 1 spiro atoms. The lowest BCUT2D eigenvalue weighted by Gasteiger charge is -2.40. The van der Waals surface area contributed by atoms with Gasteiger partial charge < -0.3 is 14.8 Å². The average Bonchev–Trinajstić information content (AvgIpc) is 2.88. The van der Waals surface area contributed by atoms with Gasteiger partial charge in [-0.25, -0.2) is 9.97 Å². The monoisotopic (exact) mass is 281 g/mol. The van der Waals surface area contributed by atoms with Gasteiger partial charge in [0.2, 0.25) is 0 Å². The second-order valence-corrected chi connectivity index (χ2v) is 6.21. The Morgan fingerprint density at radius 1 is 1.42 bits per heavy atom. The summed E-state index contributed by atoms with van der Waals surface area (Å²) in [6.45, 7) is 1.43.